The minimum absolute atomic E-state index is 0.682. The van der Waals surface area contributed by atoms with Crippen molar-refractivity contribution < 1.29 is 0 Å². The number of rotatable bonds is 4. The van der Waals surface area contributed by atoms with Crippen LogP contribution in [0.5, 0.6) is 0 Å². The quantitative estimate of drug-likeness (QED) is 0.646. The lowest BCUT2D eigenvalue weighted by molar-refractivity contribution is 1.25. The molecule has 0 saturated heterocycles. The molecule has 0 heterocycles. The molecular formula is C19H15N3S2. The van der Waals surface area contributed by atoms with E-state index in [1.54, 1.807) is 23.5 Å². The number of nitrogens with two attached hydrogens (primary N) is 2. The summed E-state index contributed by atoms with van der Waals surface area (Å²) in [5.41, 5.74) is 13.6. The van der Waals surface area contributed by atoms with Crippen molar-refractivity contribution in [2.75, 3.05) is 11.5 Å². The van der Waals surface area contributed by atoms with E-state index in [1.807, 2.05) is 66.7 Å². The molecule has 0 spiro atoms. The summed E-state index contributed by atoms with van der Waals surface area (Å²) in [4.78, 5) is 3.97. The number of anilines is 2. The average Bonchev–Trinajstić information content (AvgIpc) is 2.59. The Hall–Kier alpha value is -2.55. The van der Waals surface area contributed by atoms with Gasteiger partial charge in [0.2, 0.25) is 0 Å². The summed E-state index contributed by atoms with van der Waals surface area (Å²) in [5, 5.41) is 9.63. The predicted octanol–water partition coefficient (Wildman–Crippen LogP) is 5.03. The van der Waals surface area contributed by atoms with Crippen molar-refractivity contribution in [3.8, 4) is 6.07 Å². The molecule has 0 aliphatic rings. The predicted molar refractivity (Wildman–Crippen MR) is 101 cm³/mol. The fourth-order valence-corrected chi connectivity index (χ4v) is 4.04. The number of hydrogen-bond acceptors (Lipinski definition) is 5. The largest absolute Gasteiger partial charge is 0.399 e. The number of nitriles is 1. The molecule has 24 heavy (non-hydrogen) atoms. The second kappa shape index (κ2) is 7.35. The first kappa shape index (κ1) is 16.3. The van der Waals surface area contributed by atoms with Gasteiger partial charge in [0, 0.05) is 31.0 Å². The molecule has 4 N–H and O–H groups in total. The molecule has 118 valence electrons. The maximum atomic E-state index is 9.63. The maximum absolute atomic E-state index is 9.63. The van der Waals surface area contributed by atoms with Gasteiger partial charge in [-0.05, 0) is 60.7 Å². The van der Waals surface area contributed by atoms with E-state index in [-0.39, 0.29) is 0 Å². The van der Waals surface area contributed by atoms with E-state index in [0.29, 0.717) is 5.56 Å². The molecule has 0 unspecified atom stereocenters. The molecule has 3 aromatic carbocycles. The van der Waals surface area contributed by atoms with E-state index < -0.39 is 0 Å². The number of nitrogen functional groups attached to an aromatic ring is 2. The van der Waals surface area contributed by atoms with Crippen LogP contribution in [-0.2, 0) is 0 Å². The van der Waals surface area contributed by atoms with Gasteiger partial charge < -0.3 is 11.5 Å². The van der Waals surface area contributed by atoms with Crippen LogP contribution in [0.25, 0.3) is 0 Å². The second-order valence-corrected chi connectivity index (χ2v) is 7.31. The third-order valence-corrected chi connectivity index (χ3v) is 5.45. The summed E-state index contributed by atoms with van der Waals surface area (Å²) in [6.07, 6.45) is 0. The van der Waals surface area contributed by atoms with Crippen molar-refractivity contribution in [1.82, 2.24) is 0 Å². The normalized spacial score (nSPS) is 10.3. The minimum Gasteiger partial charge on any atom is -0.399 e. The molecule has 0 atom stereocenters. The van der Waals surface area contributed by atoms with E-state index >= 15 is 0 Å². The Morgan fingerprint density at radius 3 is 1.46 bits per heavy atom. The highest BCUT2D eigenvalue weighted by Crippen LogP contribution is 2.37. The highest BCUT2D eigenvalue weighted by atomic mass is 32.2. The van der Waals surface area contributed by atoms with Gasteiger partial charge in [0.05, 0.1) is 5.56 Å². The Morgan fingerprint density at radius 1 is 0.667 bits per heavy atom. The van der Waals surface area contributed by atoms with Gasteiger partial charge in [-0.2, -0.15) is 5.26 Å². The van der Waals surface area contributed by atoms with Crippen LogP contribution in [0.3, 0.4) is 0 Å². The SMILES string of the molecule is N#Cc1c(Sc2ccc(N)cc2)cccc1Sc1ccc(N)cc1. The van der Waals surface area contributed by atoms with Crippen LogP contribution < -0.4 is 11.5 Å². The number of nitrogens with zero attached hydrogens (tertiary/aromatic N) is 1. The van der Waals surface area contributed by atoms with Crippen LogP contribution in [0.4, 0.5) is 11.4 Å². The Bertz CT molecular complexity index is 816. The van der Waals surface area contributed by atoms with Crippen molar-refractivity contribution in [2.24, 2.45) is 0 Å². The Labute approximate surface area is 149 Å². The van der Waals surface area contributed by atoms with Gasteiger partial charge in [0.1, 0.15) is 6.07 Å². The maximum Gasteiger partial charge on any atom is 0.102 e. The summed E-state index contributed by atoms with van der Waals surface area (Å²) in [5.74, 6) is 0. The highest BCUT2D eigenvalue weighted by molar-refractivity contribution is 8.00. The van der Waals surface area contributed by atoms with E-state index in [9.17, 15) is 5.26 Å². The molecule has 5 heteroatoms. The van der Waals surface area contributed by atoms with Crippen LogP contribution in [0.1, 0.15) is 5.56 Å². The lowest BCUT2D eigenvalue weighted by atomic mass is 10.2. The Morgan fingerprint density at radius 2 is 1.08 bits per heavy atom. The monoisotopic (exact) mass is 349 g/mol. The van der Waals surface area contributed by atoms with Gasteiger partial charge >= 0.3 is 0 Å². The van der Waals surface area contributed by atoms with Crippen LogP contribution in [-0.4, -0.2) is 0 Å². The van der Waals surface area contributed by atoms with Crippen LogP contribution >= 0.6 is 23.5 Å². The molecule has 3 rings (SSSR count). The summed E-state index contributed by atoms with van der Waals surface area (Å²) >= 11 is 3.13. The molecule has 0 aliphatic heterocycles. The molecule has 3 nitrogen and oxygen atoms in total. The molecule has 0 fully saturated rings. The molecule has 0 aromatic heterocycles. The van der Waals surface area contributed by atoms with E-state index in [2.05, 4.69) is 6.07 Å². The molecule has 0 aliphatic carbocycles. The van der Waals surface area contributed by atoms with Gasteiger partial charge in [-0.3, -0.25) is 0 Å². The van der Waals surface area contributed by atoms with E-state index in [1.165, 1.54) is 0 Å². The van der Waals surface area contributed by atoms with Crippen LogP contribution in [0, 0.1) is 11.3 Å². The zero-order valence-electron chi connectivity index (χ0n) is 12.8. The molecule has 0 amide bonds. The lowest BCUT2D eigenvalue weighted by Crippen LogP contribution is -1.87. The van der Waals surface area contributed by atoms with Gasteiger partial charge in [-0.25, -0.2) is 0 Å². The van der Waals surface area contributed by atoms with E-state index in [0.717, 1.165) is 31.0 Å². The summed E-state index contributed by atoms with van der Waals surface area (Å²) in [6, 6.07) is 23.5. The van der Waals surface area contributed by atoms with E-state index in [4.69, 9.17) is 11.5 Å². The first-order valence-corrected chi connectivity index (χ1v) is 8.89. The molecule has 0 bridgehead atoms. The van der Waals surface area contributed by atoms with Crippen LogP contribution in [0.2, 0.25) is 0 Å². The standard InChI is InChI=1S/C19H15N3S2/c20-12-17-18(23-15-8-4-13(21)5-9-15)2-1-3-19(17)24-16-10-6-14(22)7-11-16/h1-11H,21-22H2. The highest BCUT2D eigenvalue weighted by Gasteiger charge is 2.11. The Balaban J connectivity index is 1.89. The number of hydrogen-bond donors (Lipinski definition) is 2. The van der Waals surface area contributed by atoms with Crippen molar-refractivity contribution in [3.63, 3.8) is 0 Å². The van der Waals surface area contributed by atoms with Crippen molar-refractivity contribution in [1.29, 1.82) is 5.26 Å². The molecular weight excluding hydrogens is 334 g/mol. The van der Waals surface area contributed by atoms with Crippen molar-refractivity contribution in [3.05, 3.63) is 72.3 Å². The third kappa shape index (κ3) is 3.85. The average molecular weight is 349 g/mol. The fraction of sp³-hybridized carbons (Fsp3) is 0. The first-order valence-electron chi connectivity index (χ1n) is 7.25. The van der Waals surface area contributed by atoms with Gasteiger partial charge in [0.15, 0.2) is 0 Å². The molecule has 0 radical (unpaired) electrons. The fourth-order valence-electron chi connectivity index (χ4n) is 2.12. The third-order valence-electron chi connectivity index (χ3n) is 3.32. The summed E-state index contributed by atoms with van der Waals surface area (Å²) < 4.78 is 0. The zero-order chi connectivity index (χ0) is 16.9. The van der Waals surface area contributed by atoms with Crippen molar-refractivity contribution in [2.45, 2.75) is 19.6 Å². The minimum atomic E-state index is 0.682. The number of benzene rings is 3. The molecule has 3 aromatic rings. The topological polar surface area (TPSA) is 75.8 Å². The lowest BCUT2D eigenvalue weighted by Gasteiger charge is -2.09. The first-order chi connectivity index (χ1) is 11.7. The van der Waals surface area contributed by atoms with Crippen LogP contribution in [0.15, 0.2) is 86.3 Å². The summed E-state index contributed by atoms with van der Waals surface area (Å²) in [7, 11) is 0. The zero-order valence-corrected chi connectivity index (χ0v) is 14.4. The Kier molecular flexibility index (Phi) is 4.99. The molecule has 0 saturated carbocycles. The van der Waals surface area contributed by atoms with Crippen molar-refractivity contribution >= 4 is 34.9 Å². The van der Waals surface area contributed by atoms with Gasteiger partial charge in [0.25, 0.3) is 0 Å². The second-order valence-electron chi connectivity index (χ2n) is 5.08. The summed E-state index contributed by atoms with van der Waals surface area (Å²) in [6.45, 7) is 0. The van der Waals surface area contributed by atoms with Gasteiger partial charge in [-0.1, -0.05) is 29.6 Å². The van der Waals surface area contributed by atoms with Gasteiger partial charge in [-0.15, -0.1) is 0 Å². The smallest absolute Gasteiger partial charge is 0.102 e.